The molecule has 1 atom stereocenters. The average molecular weight is 239 g/mol. The fourth-order valence-electron chi connectivity index (χ4n) is 1.53. The normalized spacial score (nSPS) is 12.1. The lowest BCUT2D eigenvalue weighted by atomic mass is 10.1. The minimum absolute atomic E-state index is 0.149. The van der Waals surface area contributed by atoms with Crippen molar-refractivity contribution in [3.05, 3.63) is 18.2 Å². The van der Waals surface area contributed by atoms with Gasteiger partial charge in [0.25, 0.3) is 5.91 Å². The molecule has 1 aromatic heterocycles. The number of hydrogen-bond acceptors (Lipinski definition) is 4. The molecule has 1 heterocycles. The molecule has 0 aliphatic rings. The Morgan fingerprint density at radius 3 is 2.71 bits per heavy atom. The Morgan fingerprint density at radius 1 is 1.53 bits per heavy atom. The molecular weight excluding hydrogens is 222 g/mol. The van der Waals surface area contributed by atoms with Crippen LogP contribution in [0.15, 0.2) is 12.5 Å². The topological polar surface area (TPSA) is 87.2 Å². The predicted molar refractivity (Wildman–Crippen MR) is 61.3 cm³/mol. The molecule has 0 radical (unpaired) electrons. The SMILES string of the molecule is CCCC(C(=O)OCC)n1cnc(C(N)=O)c1. The molecule has 6 heteroatoms. The molecule has 0 aliphatic carbocycles. The van der Waals surface area contributed by atoms with Gasteiger partial charge in [0.15, 0.2) is 0 Å². The number of amides is 1. The number of esters is 1. The van der Waals surface area contributed by atoms with E-state index in [0.717, 1.165) is 6.42 Å². The van der Waals surface area contributed by atoms with Gasteiger partial charge in [0.05, 0.1) is 12.9 Å². The second kappa shape index (κ2) is 6.03. The Bertz CT molecular complexity index is 400. The van der Waals surface area contributed by atoms with Gasteiger partial charge in [0.1, 0.15) is 11.7 Å². The number of primary amides is 1. The molecule has 1 amide bonds. The van der Waals surface area contributed by atoms with Gasteiger partial charge < -0.3 is 15.0 Å². The predicted octanol–water partition coefficient (Wildman–Crippen LogP) is 0.886. The zero-order valence-electron chi connectivity index (χ0n) is 10.0. The molecule has 1 aromatic rings. The van der Waals surface area contributed by atoms with Crippen LogP contribution in [0.25, 0.3) is 0 Å². The summed E-state index contributed by atoms with van der Waals surface area (Å²) >= 11 is 0. The van der Waals surface area contributed by atoms with E-state index in [1.54, 1.807) is 11.5 Å². The maximum absolute atomic E-state index is 11.7. The number of imidazole rings is 1. The number of nitrogens with zero attached hydrogens (tertiary/aromatic N) is 2. The number of nitrogens with two attached hydrogens (primary N) is 1. The van der Waals surface area contributed by atoms with E-state index in [1.165, 1.54) is 12.5 Å². The highest BCUT2D eigenvalue weighted by Crippen LogP contribution is 2.16. The molecule has 0 aliphatic heterocycles. The highest BCUT2D eigenvalue weighted by molar-refractivity contribution is 5.90. The first-order valence-corrected chi connectivity index (χ1v) is 5.60. The number of ether oxygens (including phenoxy) is 1. The highest BCUT2D eigenvalue weighted by Gasteiger charge is 2.21. The number of hydrogen-bond donors (Lipinski definition) is 1. The number of carbonyl (C=O) groups is 2. The lowest BCUT2D eigenvalue weighted by Gasteiger charge is -2.15. The molecule has 2 N–H and O–H groups in total. The van der Waals surface area contributed by atoms with Crippen LogP contribution in [0.4, 0.5) is 0 Å². The van der Waals surface area contributed by atoms with Gasteiger partial charge in [0, 0.05) is 6.20 Å². The summed E-state index contributed by atoms with van der Waals surface area (Å²) in [7, 11) is 0. The maximum atomic E-state index is 11.7. The Morgan fingerprint density at radius 2 is 2.24 bits per heavy atom. The van der Waals surface area contributed by atoms with E-state index < -0.39 is 11.9 Å². The van der Waals surface area contributed by atoms with Crippen molar-refractivity contribution in [1.82, 2.24) is 9.55 Å². The van der Waals surface area contributed by atoms with Gasteiger partial charge in [-0.05, 0) is 13.3 Å². The first-order chi connectivity index (χ1) is 8.10. The van der Waals surface area contributed by atoms with Gasteiger partial charge in [-0.1, -0.05) is 13.3 Å². The van der Waals surface area contributed by atoms with Crippen LogP contribution in [-0.2, 0) is 9.53 Å². The van der Waals surface area contributed by atoms with Crippen molar-refractivity contribution >= 4 is 11.9 Å². The summed E-state index contributed by atoms with van der Waals surface area (Å²) in [6.45, 7) is 4.05. The van der Waals surface area contributed by atoms with Gasteiger partial charge in [-0.3, -0.25) is 4.79 Å². The Labute approximate surface area is 99.8 Å². The monoisotopic (exact) mass is 239 g/mol. The lowest BCUT2D eigenvalue weighted by molar-refractivity contribution is -0.147. The Kier molecular flexibility index (Phi) is 4.68. The molecule has 0 aromatic carbocycles. The minimum Gasteiger partial charge on any atom is -0.464 e. The van der Waals surface area contributed by atoms with Crippen molar-refractivity contribution in [3.8, 4) is 0 Å². The third-order valence-corrected chi connectivity index (χ3v) is 2.33. The molecule has 17 heavy (non-hydrogen) atoms. The fraction of sp³-hybridized carbons (Fsp3) is 0.545. The number of carbonyl (C=O) groups excluding carboxylic acids is 2. The van der Waals surface area contributed by atoms with Gasteiger partial charge in [0.2, 0.25) is 0 Å². The zero-order valence-corrected chi connectivity index (χ0v) is 10.0. The molecule has 0 bridgehead atoms. The summed E-state index contributed by atoms with van der Waals surface area (Å²) in [5.41, 5.74) is 5.25. The van der Waals surface area contributed by atoms with Gasteiger partial charge in [-0.2, -0.15) is 0 Å². The van der Waals surface area contributed by atoms with Gasteiger partial charge in [-0.25, -0.2) is 9.78 Å². The standard InChI is InChI=1S/C11H17N3O3/c1-3-5-9(11(16)17-4-2)14-6-8(10(12)15)13-7-14/h6-7,9H,3-5H2,1-2H3,(H2,12,15). The van der Waals surface area contributed by atoms with Crippen LogP contribution in [-0.4, -0.2) is 28.0 Å². The third-order valence-electron chi connectivity index (χ3n) is 2.33. The van der Waals surface area contributed by atoms with Crippen molar-refractivity contribution in [3.63, 3.8) is 0 Å². The summed E-state index contributed by atoms with van der Waals surface area (Å²) in [6, 6.07) is -0.444. The average Bonchev–Trinajstić information content (AvgIpc) is 2.75. The van der Waals surface area contributed by atoms with Crippen molar-refractivity contribution < 1.29 is 14.3 Å². The van der Waals surface area contributed by atoms with E-state index >= 15 is 0 Å². The van der Waals surface area contributed by atoms with Crippen molar-refractivity contribution in [2.45, 2.75) is 32.7 Å². The summed E-state index contributed by atoms with van der Waals surface area (Å²) < 4.78 is 6.55. The van der Waals surface area contributed by atoms with Crippen molar-refractivity contribution in [1.29, 1.82) is 0 Å². The Balaban J connectivity index is 2.88. The van der Waals surface area contributed by atoms with Crippen LogP contribution in [0, 0.1) is 0 Å². The van der Waals surface area contributed by atoms with Crippen LogP contribution in [0.1, 0.15) is 43.2 Å². The maximum Gasteiger partial charge on any atom is 0.329 e. The molecular formula is C11H17N3O3. The van der Waals surface area contributed by atoms with Crippen LogP contribution < -0.4 is 5.73 Å². The highest BCUT2D eigenvalue weighted by atomic mass is 16.5. The molecule has 94 valence electrons. The molecule has 0 saturated carbocycles. The quantitative estimate of drug-likeness (QED) is 0.747. The fourth-order valence-corrected chi connectivity index (χ4v) is 1.53. The van der Waals surface area contributed by atoms with E-state index in [0.29, 0.717) is 13.0 Å². The van der Waals surface area contributed by atoms with Crippen LogP contribution >= 0.6 is 0 Å². The second-order valence-corrected chi connectivity index (χ2v) is 3.63. The first kappa shape index (κ1) is 13.2. The molecule has 0 fully saturated rings. The van der Waals surface area contributed by atoms with Crippen LogP contribution in [0.3, 0.4) is 0 Å². The van der Waals surface area contributed by atoms with Crippen molar-refractivity contribution in [2.75, 3.05) is 6.61 Å². The van der Waals surface area contributed by atoms with E-state index in [-0.39, 0.29) is 11.7 Å². The Hall–Kier alpha value is -1.85. The smallest absolute Gasteiger partial charge is 0.329 e. The second-order valence-electron chi connectivity index (χ2n) is 3.63. The summed E-state index contributed by atoms with van der Waals surface area (Å²) in [5.74, 6) is -0.925. The van der Waals surface area contributed by atoms with Gasteiger partial charge in [-0.15, -0.1) is 0 Å². The lowest BCUT2D eigenvalue weighted by Crippen LogP contribution is -2.21. The summed E-state index contributed by atoms with van der Waals surface area (Å²) in [5, 5.41) is 0. The minimum atomic E-state index is -0.608. The summed E-state index contributed by atoms with van der Waals surface area (Å²) in [4.78, 5) is 26.5. The number of aromatic nitrogens is 2. The first-order valence-electron chi connectivity index (χ1n) is 5.60. The van der Waals surface area contributed by atoms with E-state index in [4.69, 9.17) is 10.5 Å². The third kappa shape index (κ3) is 3.30. The molecule has 0 spiro atoms. The summed E-state index contributed by atoms with van der Waals surface area (Å²) in [6.07, 6.45) is 4.36. The van der Waals surface area contributed by atoms with E-state index in [2.05, 4.69) is 4.98 Å². The van der Waals surface area contributed by atoms with Crippen LogP contribution in [0.2, 0.25) is 0 Å². The zero-order chi connectivity index (χ0) is 12.8. The number of rotatable bonds is 6. The molecule has 0 saturated heterocycles. The van der Waals surface area contributed by atoms with Gasteiger partial charge >= 0.3 is 5.97 Å². The largest absolute Gasteiger partial charge is 0.464 e. The molecule has 1 unspecified atom stereocenters. The van der Waals surface area contributed by atoms with Crippen LogP contribution in [0.5, 0.6) is 0 Å². The van der Waals surface area contributed by atoms with Crippen molar-refractivity contribution in [2.24, 2.45) is 5.73 Å². The van der Waals surface area contributed by atoms with E-state index in [1.807, 2.05) is 6.92 Å². The molecule has 6 nitrogen and oxygen atoms in total. The molecule has 1 rings (SSSR count). The van der Waals surface area contributed by atoms with E-state index in [9.17, 15) is 9.59 Å².